The molecule has 1 aromatic carbocycles. The standard InChI is InChI=1S/C12H13N3O2S/c1-12(17)5-15(6-12)10(16)7-2-3-8-9(4-7)18-11(13)14-8/h2-4,17H,5-6H2,1H3,(H2,13,14). The highest BCUT2D eigenvalue weighted by Gasteiger charge is 2.39. The van der Waals surface area contributed by atoms with E-state index < -0.39 is 5.60 Å². The highest BCUT2D eigenvalue weighted by Crippen LogP contribution is 2.27. The smallest absolute Gasteiger partial charge is 0.254 e. The normalized spacial score (nSPS) is 17.8. The second-order valence-electron chi connectivity index (χ2n) is 4.89. The van der Waals surface area contributed by atoms with Gasteiger partial charge in [-0.3, -0.25) is 4.79 Å². The lowest BCUT2D eigenvalue weighted by atomic mass is 9.96. The SMILES string of the molecule is CC1(O)CN(C(=O)c2ccc3nc(N)sc3c2)C1. The summed E-state index contributed by atoms with van der Waals surface area (Å²) in [6, 6.07) is 5.35. The van der Waals surface area contributed by atoms with Crippen molar-refractivity contribution in [1.29, 1.82) is 0 Å². The number of β-amino-alcohol motifs (C(OH)–C–C–N with tert-alkyl or cyclic N) is 1. The molecule has 1 aliphatic rings. The van der Waals surface area contributed by atoms with Crippen LogP contribution in [0.4, 0.5) is 5.13 Å². The van der Waals surface area contributed by atoms with Gasteiger partial charge in [-0.15, -0.1) is 0 Å². The first-order valence-corrected chi connectivity index (χ1v) is 6.44. The molecule has 1 saturated heterocycles. The molecule has 0 atom stereocenters. The topological polar surface area (TPSA) is 79.5 Å². The van der Waals surface area contributed by atoms with Gasteiger partial charge in [-0.1, -0.05) is 11.3 Å². The minimum atomic E-state index is -0.741. The number of likely N-dealkylation sites (tertiary alicyclic amines) is 1. The molecule has 0 spiro atoms. The van der Waals surface area contributed by atoms with Crippen molar-refractivity contribution < 1.29 is 9.90 Å². The fraction of sp³-hybridized carbons (Fsp3) is 0.333. The van der Waals surface area contributed by atoms with E-state index >= 15 is 0 Å². The number of nitrogen functional groups attached to an aromatic ring is 1. The summed E-state index contributed by atoms with van der Waals surface area (Å²) in [5, 5.41) is 10.1. The molecule has 5 nitrogen and oxygen atoms in total. The second kappa shape index (κ2) is 3.66. The van der Waals surface area contributed by atoms with Crippen LogP contribution in [0.3, 0.4) is 0 Å². The van der Waals surface area contributed by atoms with Crippen LogP contribution in [0.25, 0.3) is 10.2 Å². The zero-order chi connectivity index (χ0) is 12.9. The number of carbonyl (C=O) groups is 1. The third-order valence-corrected chi connectivity index (χ3v) is 3.85. The largest absolute Gasteiger partial charge is 0.386 e. The van der Waals surface area contributed by atoms with Crippen molar-refractivity contribution in [2.45, 2.75) is 12.5 Å². The van der Waals surface area contributed by atoms with E-state index in [2.05, 4.69) is 4.98 Å². The second-order valence-corrected chi connectivity index (χ2v) is 5.95. The number of anilines is 1. The van der Waals surface area contributed by atoms with Gasteiger partial charge in [0.25, 0.3) is 5.91 Å². The van der Waals surface area contributed by atoms with E-state index in [-0.39, 0.29) is 5.91 Å². The molecule has 0 radical (unpaired) electrons. The van der Waals surface area contributed by atoms with Gasteiger partial charge in [0, 0.05) is 5.56 Å². The molecule has 0 saturated carbocycles. The van der Waals surface area contributed by atoms with Crippen molar-refractivity contribution in [2.75, 3.05) is 18.8 Å². The number of fused-ring (bicyclic) bond motifs is 1. The van der Waals surface area contributed by atoms with Gasteiger partial charge in [0.15, 0.2) is 5.13 Å². The number of benzene rings is 1. The number of hydrogen-bond donors (Lipinski definition) is 2. The Morgan fingerprint density at radius 3 is 2.94 bits per heavy atom. The van der Waals surface area contributed by atoms with E-state index in [0.29, 0.717) is 23.8 Å². The predicted molar refractivity (Wildman–Crippen MR) is 70.6 cm³/mol. The molecule has 0 bridgehead atoms. The van der Waals surface area contributed by atoms with Crippen LogP contribution in [0.15, 0.2) is 18.2 Å². The van der Waals surface area contributed by atoms with Crippen LogP contribution in [0, 0.1) is 0 Å². The zero-order valence-electron chi connectivity index (χ0n) is 9.88. The summed E-state index contributed by atoms with van der Waals surface area (Å²) >= 11 is 1.37. The number of hydrogen-bond acceptors (Lipinski definition) is 5. The third-order valence-electron chi connectivity index (χ3n) is 3.00. The highest BCUT2D eigenvalue weighted by molar-refractivity contribution is 7.22. The molecule has 0 aliphatic carbocycles. The van der Waals surface area contributed by atoms with Crippen LogP contribution >= 0.6 is 11.3 Å². The molecular weight excluding hydrogens is 250 g/mol. The lowest BCUT2D eigenvalue weighted by Crippen LogP contribution is -2.61. The first-order chi connectivity index (χ1) is 8.44. The summed E-state index contributed by atoms with van der Waals surface area (Å²) in [5.41, 5.74) is 6.31. The number of aliphatic hydroxyl groups is 1. The minimum Gasteiger partial charge on any atom is -0.386 e. The number of carbonyl (C=O) groups excluding carboxylic acids is 1. The molecule has 94 valence electrons. The fourth-order valence-corrected chi connectivity index (χ4v) is 2.95. The van der Waals surface area contributed by atoms with Gasteiger partial charge < -0.3 is 15.7 Å². The van der Waals surface area contributed by atoms with Crippen LogP contribution in [0.5, 0.6) is 0 Å². The summed E-state index contributed by atoms with van der Waals surface area (Å²) in [4.78, 5) is 17.9. The number of nitrogens with zero attached hydrogens (tertiary/aromatic N) is 2. The van der Waals surface area contributed by atoms with Crippen LogP contribution in [-0.4, -0.2) is 39.6 Å². The van der Waals surface area contributed by atoms with Gasteiger partial charge >= 0.3 is 0 Å². The Kier molecular flexibility index (Phi) is 2.33. The van der Waals surface area contributed by atoms with E-state index in [4.69, 9.17) is 5.73 Å². The first kappa shape index (κ1) is 11.4. The van der Waals surface area contributed by atoms with Gasteiger partial charge in [-0.25, -0.2) is 4.98 Å². The lowest BCUT2D eigenvalue weighted by molar-refractivity contribution is -0.0668. The maximum absolute atomic E-state index is 12.1. The Hall–Kier alpha value is -1.66. The van der Waals surface area contributed by atoms with Gasteiger partial charge in [0.05, 0.1) is 28.9 Å². The number of rotatable bonds is 1. The summed E-state index contributed by atoms with van der Waals surface area (Å²) in [6.45, 7) is 2.49. The summed E-state index contributed by atoms with van der Waals surface area (Å²) < 4.78 is 0.908. The van der Waals surface area contributed by atoms with E-state index in [1.54, 1.807) is 30.0 Å². The van der Waals surface area contributed by atoms with Gasteiger partial charge in [0.2, 0.25) is 0 Å². The maximum atomic E-state index is 12.1. The Balaban J connectivity index is 1.88. The van der Waals surface area contributed by atoms with Crippen molar-refractivity contribution in [3.05, 3.63) is 23.8 Å². The lowest BCUT2D eigenvalue weighted by Gasteiger charge is -2.44. The predicted octanol–water partition coefficient (Wildman–Crippen LogP) is 1.09. The Morgan fingerprint density at radius 2 is 2.28 bits per heavy atom. The van der Waals surface area contributed by atoms with E-state index in [0.717, 1.165) is 10.2 Å². The molecule has 3 N–H and O–H groups in total. The highest BCUT2D eigenvalue weighted by atomic mass is 32.1. The molecule has 1 aliphatic heterocycles. The fourth-order valence-electron chi connectivity index (χ4n) is 2.18. The summed E-state index contributed by atoms with van der Waals surface area (Å²) in [7, 11) is 0. The molecule has 0 unspecified atom stereocenters. The van der Waals surface area contributed by atoms with Crippen molar-refractivity contribution >= 4 is 32.6 Å². The molecule has 1 amide bonds. The number of aromatic nitrogens is 1. The van der Waals surface area contributed by atoms with Crippen LogP contribution in [0.2, 0.25) is 0 Å². The van der Waals surface area contributed by atoms with Crippen molar-refractivity contribution in [3.63, 3.8) is 0 Å². The third kappa shape index (κ3) is 1.83. The number of amides is 1. The molecule has 6 heteroatoms. The molecule has 3 rings (SSSR count). The molecule has 1 aromatic heterocycles. The number of nitrogens with two attached hydrogens (primary N) is 1. The average Bonchev–Trinajstić information content (AvgIpc) is 2.63. The quantitative estimate of drug-likeness (QED) is 0.807. The summed E-state index contributed by atoms with van der Waals surface area (Å²) in [5.74, 6) is -0.0598. The van der Waals surface area contributed by atoms with Crippen LogP contribution in [-0.2, 0) is 0 Å². The molecule has 1 fully saturated rings. The summed E-state index contributed by atoms with van der Waals surface area (Å²) in [6.07, 6.45) is 0. The maximum Gasteiger partial charge on any atom is 0.254 e. The monoisotopic (exact) mass is 263 g/mol. The van der Waals surface area contributed by atoms with E-state index in [1.165, 1.54) is 11.3 Å². The number of thiazole rings is 1. The Morgan fingerprint density at radius 1 is 1.56 bits per heavy atom. The average molecular weight is 263 g/mol. The minimum absolute atomic E-state index is 0.0598. The van der Waals surface area contributed by atoms with Crippen LogP contribution in [0.1, 0.15) is 17.3 Å². The Bertz CT molecular complexity index is 627. The van der Waals surface area contributed by atoms with Crippen LogP contribution < -0.4 is 5.73 Å². The zero-order valence-corrected chi connectivity index (χ0v) is 10.7. The van der Waals surface area contributed by atoms with Crippen molar-refractivity contribution in [3.8, 4) is 0 Å². The van der Waals surface area contributed by atoms with E-state index in [9.17, 15) is 9.90 Å². The molecular formula is C12H13N3O2S. The van der Waals surface area contributed by atoms with Crippen molar-refractivity contribution in [1.82, 2.24) is 9.88 Å². The molecule has 2 heterocycles. The van der Waals surface area contributed by atoms with Gasteiger partial charge in [-0.05, 0) is 25.1 Å². The Labute approximate surface area is 108 Å². The first-order valence-electron chi connectivity index (χ1n) is 5.62. The molecule has 18 heavy (non-hydrogen) atoms. The van der Waals surface area contributed by atoms with Crippen molar-refractivity contribution in [2.24, 2.45) is 0 Å². The van der Waals surface area contributed by atoms with Gasteiger partial charge in [0.1, 0.15) is 0 Å². The molecule has 2 aromatic rings. The van der Waals surface area contributed by atoms with E-state index in [1.807, 2.05) is 0 Å². The van der Waals surface area contributed by atoms with Gasteiger partial charge in [-0.2, -0.15) is 0 Å².